The van der Waals surface area contributed by atoms with Crippen molar-refractivity contribution in [2.45, 2.75) is 17.1 Å². The number of thiophene rings is 1. The largest absolute Gasteiger partial charge is 0.385 e. The summed E-state index contributed by atoms with van der Waals surface area (Å²) in [5.74, 6) is 0. The van der Waals surface area contributed by atoms with Gasteiger partial charge in [-0.2, -0.15) is 4.31 Å². The monoisotopic (exact) mass is 295 g/mol. The Hall–Kier alpha value is -0.140. The highest BCUT2D eigenvalue weighted by Crippen LogP contribution is 2.36. The minimum absolute atomic E-state index is 0.408. The van der Waals surface area contributed by atoms with Gasteiger partial charge in [-0.3, -0.25) is 0 Å². The van der Waals surface area contributed by atoms with Crippen LogP contribution in [0.4, 0.5) is 0 Å². The normalized spacial score (nSPS) is 19.2. The van der Waals surface area contributed by atoms with E-state index in [9.17, 15) is 8.42 Å². The van der Waals surface area contributed by atoms with E-state index >= 15 is 0 Å². The molecule has 0 unspecified atom stereocenters. The van der Waals surface area contributed by atoms with Crippen LogP contribution in [0, 0.1) is 0 Å². The van der Waals surface area contributed by atoms with E-state index in [1.165, 1.54) is 4.31 Å². The van der Waals surface area contributed by atoms with Crippen LogP contribution in [-0.4, -0.2) is 39.5 Å². The van der Waals surface area contributed by atoms with Crippen LogP contribution in [0.3, 0.4) is 0 Å². The summed E-state index contributed by atoms with van der Waals surface area (Å²) >= 11 is 7.01. The zero-order chi connectivity index (χ0) is 12.5. The van der Waals surface area contributed by atoms with Crippen LogP contribution in [0.1, 0.15) is 12.0 Å². The Kier molecular flexibility index (Phi) is 4.10. The van der Waals surface area contributed by atoms with Crippen molar-refractivity contribution >= 4 is 33.0 Å². The molecule has 96 valence electrons. The van der Waals surface area contributed by atoms with Crippen molar-refractivity contribution in [1.82, 2.24) is 4.31 Å². The second-order valence-corrected chi connectivity index (χ2v) is 7.68. The molecule has 0 spiro atoms. The maximum Gasteiger partial charge on any atom is 0.252 e. The van der Waals surface area contributed by atoms with Gasteiger partial charge in [-0.05, 0) is 24.5 Å². The molecular weight excluding hydrogens is 282 g/mol. The summed E-state index contributed by atoms with van der Waals surface area (Å²) in [6.07, 6.45) is 1.45. The zero-order valence-electron chi connectivity index (χ0n) is 9.48. The van der Waals surface area contributed by atoms with E-state index in [2.05, 4.69) is 0 Å². The van der Waals surface area contributed by atoms with E-state index in [4.69, 9.17) is 16.3 Å². The van der Waals surface area contributed by atoms with E-state index in [0.717, 1.165) is 23.3 Å². The fourth-order valence-electron chi connectivity index (χ4n) is 1.87. The maximum atomic E-state index is 12.2. The summed E-state index contributed by atoms with van der Waals surface area (Å²) in [4.78, 5) is 0. The number of halogens is 1. The van der Waals surface area contributed by atoms with Crippen molar-refractivity contribution in [1.29, 1.82) is 0 Å². The van der Waals surface area contributed by atoms with Crippen LogP contribution < -0.4 is 0 Å². The second kappa shape index (κ2) is 5.24. The van der Waals surface area contributed by atoms with Crippen LogP contribution in [0.2, 0.25) is 4.34 Å². The number of nitrogens with zero attached hydrogens (tertiary/aromatic N) is 1. The van der Waals surface area contributed by atoms with E-state index in [1.807, 2.05) is 0 Å². The highest BCUT2D eigenvalue weighted by molar-refractivity contribution is 7.91. The van der Waals surface area contributed by atoms with Crippen LogP contribution in [0.5, 0.6) is 0 Å². The van der Waals surface area contributed by atoms with Gasteiger partial charge in [0.15, 0.2) is 0 Å². The minimum Gasteiger partial charge on any atom is -0.385 e. The molecule has 0 atom stereocenters. The van der Waals surface area contributed by atoms with Crippen LogP contribution >= 0.6 is 22.9 Å². The molecule has 17 heavy (non-hydrogen) atoms. The number of ether oxygens (including phenoxy) is 1. The number of hydrogen-bond acceptors (Lipinski definition) is 4. The summed E-state index contributed by atoms with van der Waals surface area (Å²) < 4.78 is 31.9. The molecule has 0 saturated carbocycles. The number of rotatable bonds is 4. The quantitative estimate of drug-likeness (QED) is 0.798. The zero-order valence-corrected chi connectivity index (χ0v) is 11.9. The predicted molar refractivity (Wildman–Crippen MR) is 68.3 cm³/mol. The molecule has 0 amide bonds. The molecule has 0 aromatic carbocycles. The third kappa shape index (κ3) is 2.66. The molecule has 4 nitrogen and oxygen atoms in total. The minimum atomic E-state index is -3.33. The van der Waals surface area contributed by atoms with Crippen molar-refractivity contribution in [3.05, 3.63) is 16.0 Å². The van der Waals surface area contributed by atoms with Gasteiger partial charge in [-0.1, -0.05) is 11.6 Å². The lowest BCUT2D eigenvalue weighted by Gasteiger charge is -2.25. The maximum absolute atomic E-state index is 12.2. The highest BCUT2D eigenvalue weighted by Gasteiger charge is 2.33. The standard InChI is InChI=1S/C10H14ClNO3S2/c1-15-6-2-4-12-5-3-8-7-9(11)16-10(8)17(12,13)14/h7H,2-6H2,1H3. The summed E-state index contributed by atoms with van der Waals surface area (Å²) in [7, 11) is -1.72. The van der Waals surface area contributed by atoms with Gasteiger partial charge in [0.1, 0.15) is 4.21 Å². The van der Waals surface area contributed by atoms with Gasteiger partial charge in [0.2, 0.25) is 0 Å². The Balaban J connectivity index is 2.19. The molecule has 1 aromatic heterocycles. The molecule has 0 aliphatic carbocycles. The molecule has 2 heterocycles. The molecule has 0 saturated heterocycles. The van der Waals surface area contributed by atoms with Crippen molar-refractivity contribution in [2.24, 2.45) is 0 Å². The Morgan fingerprint density at radius 1 is 1.59 bits per heavy atom. The third-order valence-corrected chi connectivity index (χ3v) is 6.46. The molecule has 2 rings (SSSR count). The Labute approximate surface area is 110 Å². The van der Waals surface area contributed by atoms with Gasteiger partial charge in [0, 0.05) is 26.8 Å². The van der Waals surface area contributed by atoms with Gasteiger partial charge in [0.25, 0.3) is 10.0 Å². The van der Waals surface area contributed by atoms with Gasteiger partial charge < -0.3 is 4.74 Å². The van der Waals surface area contributed by atoms with E-state index in [1.54, 1.807) is 13.2 Å². The van der Waals surface area contributed by atoms with Crippen LogP contribution in [0.25, 0.3) is 0 Å². The molecule has 7 heteroatoms. The Morgan fingerprint density at radius 2 is 2.35 bits per heavy atom. The second-order valence-electron chi connectivity index (χ2n) is 3.86. The van der Waals surface area contributed by atoms with Crippen molar-refractivity contribution in [2.75, 3.05) is 26.8 Å². The summed E-state index contributed by atoms with van der Waals surface area (Å²) in [5.41, 5.74) is 0.850. The fraction of sp³-hybridized carbons (Fsp3) is 0.600. The van der Waals surface area contributed by atoms with Crippen LogP contribution in [0.15, 0.2) is 10.3 Å². The average molecular weight is 296 g/mol. The molecule has 0 fully saturated rings. The molecular formula is C10H14ClNO3S2. The van der Waals surface area contributed by atoms with Gasteiger partial charge in [-0.15, -0.1) is 11.3 Å². The molecule has 0 bridgehead atoms. The van der Waals surface area contributed by atoms with E-state index in [0.29, 0.717) is 34.7 Å². The lowest BCUT2D eigenvalue weighted by molar-refractivity contribution is 0.187. The number of sulfonamides is 1. The summed E-state index contributed by atoms with van der Waals surface area (Å²) in [5, 5.41) is 0. The number of methoxy groups -OCH3 is 1. The third-order valence-electron chi connectivity index (χ3n) is 2.70. The summed E-state index contributed by atoms with van der Waals surface area (Å²) in [6.45, 7) is 1.61. The van der Waals surface area contributed by atoms with Gasteiger partial charge in [0.05, 0.1) is 4.34 Å². The van der Waals surface area contributed by atoms with E-state index in [-0.39, 0.29) is 0 Å². The first-order valence-electron chi connectivity index (χ1n) is 5.33. The number of hydrogen-bond donors (Lipinski definition) is 0. The smallest absolute Gasteiger partial charge is 0.252 e. The first kappa shape index (κ1) is 13.3. The lowest BCUT2D eigenvalue weighted by atomic mass is 10.2. The molecule has 1 aromatic rings. The number of fused-ring (bicyclic) bond motifs is 1. The van der Waals surface area contributed by atoms with Crippen molar-refractivity contribution < 1.29 is 13.2 Å². The molecule has 0 N–H and O–H groups in total. The van der Waals surface area contributed by atoms with Crippen LogP contribution in [-0.2, 0) is 21.2 Å². The summed E-state index contributed by atoms with van der Waals surface area (Å²) in [6, 6.07) is 1.76. The topological polar surface area (TPSA) is 46.6 Å². The Morgan fingerprint density at radius 3 is 3.06 bits per heavy atom. The van der Waals surface area contributed by atoms with Crippen molar-refractivity contribution in [3.63, 3.8) is 0 Å². The van der Waals surface area contributed by atoms with Gasteiger partial charge >= 0.3 is 0 Å². The lowest BCUT2D eigenvalue weighted by Crippen LogP contribution is -2.37. The average Bonchev–Trinajstić information content (AvgIpc) is 2.64. The molecule has 1 aliphatic rings. The highest BCUT2D eigenvalue weighted by atomic mass is 35.5. The van der Waals surface area contributed by atoms with Gasteiger partial charge in [-0.25, -0.2) is 8.42 Å². The van der Waals surface area contributed by atoms with Crippen molar-refractivity contribution in [3.8, 4) is 0 Å². The molecule has 0 radical (unpaired) electrons. The predicted octanol–water partition coefficient (Wildman–Crippen LogP) is 1.98. The first-order valence-corrected chi connectivity index (χ1v) is 7.96. The Bertz CT molecular complexity index is 498. The van der Waals surface area contributed by atoms with E-state index < -0.39 is 10.0 Å². The first-order chi connectivity index (χ1) is 8.05. The molecule has 1 aliphatic heterocycles. The SMILES string of the molecule is COCCCN1CCc2cc(Cl)sc2S1(=O)=O. The fourth-order valence-corrected chi connectivity index (χ4v) is 5.48.